The second kappa shape index (κ2) is 7.26. The Bertz CT molecular complexity index is 611. The topological polar surface area (TPSA) is 59.8 Å². The number of aromatic nitrogens is 3. The van der Waals surface area contributed by atoms with E-state index >= 15 is 0 Å². The Morgan fingerprint density at radius 2 is 2.19 bits per heavy atom. The third-order valence-electron chi connectivity index (χ3n) is 3.24. The van der Waals surface area contributed by atoms with Crippen molar-refractivity contribution in [3.8, 4) is 5.69 Å². The zero-order valence-electron chi connectivity index (χ0n) is 12.5. The molecule has 0 aliphatic heterocycles. The van der Waals surface area contributed by atoms with E-state index < -0.39 is 0 Å². The number of para-hydroxylation sites is 1. The molecule has 0 saturated heterocycles. The number of amides is 1. The molecule has 0 bridgehead atoms. The predicted molar refractivity (Wildman–Crippen MR) is 84.7 cm³/mol. The maximum Gasteiger partial charge on any atom is 0.230 e. The predicted octanol–water partition coefficient (Wildman–Crippen LogP) is 2.58. The maximum atomic E-state index is 11.8. The quantitative estimate of drug-likeness (QED) is 0.833. The fourth-order valence-corrected chi connectivity index (χ4v) is 2.60. The summed E-state index contributed by atoms with van der Waals surface area (Å²) in [6.07, 6.45) is 2.60. The third kappa shape index (κ3) is 4.07. The monoisotopic (exact) mass is 304 g/mol. The number of aryl methyl sites for hydroxylation is 1. The van der Waals surface area contributed by atoms with Gasteiger partial charge in [-0.25, -0.2) is 0 Å². The third-order valence-corrected chi connectivity index (χ3v) is 4.19. The molecule has 1 atom stereocenters. The lowest BCUT2D eigenvalue weighted by Gasteiger charge is -2.11. The number of carbonyl (C=O) groups excluding carboxylic acids is 1. The summed E-state index contributed by atoms with van der Waals surface area (Å²) in [5.74, 6) is 0.364. The highest BCUT2D eigenvalue weighted by atomic mass is 32.2. The zero-order valence-corrected chi connectivity index (χ0v) is 13.4. The van der Waals surface area contributed by atoms with Gasteiger partial charge in [-0.3, -0.25) is 9.36 Å². The molecule has 0 radical (unpaired) electrons. The highest BCUT2D eigenvalue weighted by Gasteiger charge is 2.12. The highest BCUT2D eigenvalue weighted by molar-refractivity contribution is 7.99. The van der Waals surface area contributed by atoms with Gasteiger partial charge in [-0.05, 0) is 31.9 Å². The van der Waals surface area contributed by atoms with Crippen LogP contribution in [0.1, 0.15) is 25.8 Å². The van der Waals surface area contributed by atoms with Crippen LogP contribution in [0.25, 0.3) is 5.69 Å². The van der Waals surface area contributed by atoms with Gasteiger partial charge in [-0.2, -0.15) is 0 Å². The van der Waals surface area contributed by atoms with Crippen molar-refractivity contribution in [1.82, 2.24) is 20.1 Å². The summed E-state index contributed by atoms with van der Waals surface area (Å²) in [7, 11) is 0. The van der Waals surface area contributed by atoms with Crippen molar-refractivity contribution < 1.29 is 4.79 Å². The molecule has 2 aromatic rings. The van der Waals surface area contributed by atoms with E-state index in [1.54, 1.807) is 6.33 Å². The first-order chi connectivity index (χ1) is 10.1. The summed E-state index contributed by atoms with van der Waals surface area (Å²) in [6, 6.07) is 8.23. The van der Waals surface area contributed by atoms with Crippen LogP contribution in [0.2, 0.25) is 0 Å². The number of thioether (sulfide) groups is 1. The van der Waals surface area contributed by atoms with Crippen molar-refractivity contribution in [1.29, 1.82) is 0 Å². The van der Waals surface area contributed by atoms with E-state index in [-0.39, 0.29) is 11.9 Å². The molecule has 0 fully saturated rings. The van der Waals surface area contributed by atoms with Gasteiger partial charge in [0.2, 0.25) is 5.91 Å². The second-order valence-corrected chi connectivity index (χ2v) is 5.88. The Kier molecular flexibility index (Phi) is 5.38. The van der Waals surface area contributed by atoms with Crippen molar-refractivity contribution >= 4 is 17.7 Å². The van der Waals surface area contributed by atoms with E-state index in [0.717, 1.165) is 22.8 Å². The number of nitrogens with one attached hydrogen (secondary N) is 1. The summed E-state index contributed by atoms with van der Waals surface area (Å²) in [6.45, 7) is 6.09. The van der Waals surface area contributed by atoms with Gasteiger partial charge in [0.15, 0.2) is 5.16 Å². The molecule has 5 nitrogen and oxygen atoms in total. The molecule has 0 spiro atoms. The molecule has 0 aliphatic carbocycles. The molecule has 1 heterocycles. The van der Waals surface area contributed by atoms with E-state index in [4.69, 9.17) is 0 Å². The van der Waals surface area contributed by atoms with E-state index in [2.05, 4.69) is 15.5 Å². The first-order valence-corrected chi connectivity index (χ1v) is 7.98. The normalized spacial score (nSPS) is 12.1. The molecule has 0 aliphatic rings. The van der Waals surface area contributed by atoms with Crippen LogP contribution in [0.3, 0.4) is 0 Å². The number of rotatable bonds is 6. The van der Waals surface area contributed by atoms with Crippen molar-refractivity contribution in [2.45, 2.75) is 38.4 Å². The van der Waals surface area contributed by atoms with E-state index in [1.165, 1.54) is 11.8 Å². The molecule has 1 aromatic heterocycles. The van der Waals surface area contributed by atoms with Crippen LogP contribution in [0.15, 0.2) is 35.7 Å². The second-order valence-electron chi connectivity index (χ2n) is 4.94. The minimum absolute atomic E-state index is 0.0219. The van der Waals surface area contributed by atoms with Crippen LogP contribution in [-0.2, 0) is 4.79 Å². The summed E-state index contributed by atoms with van der Waals surface area (Å²) >= 11 is 1.40. The van der Waals surface area contributed by atoms with E-state index in [0.29, 0.717) is 5.75 Å². The van der Waals surface area contributed by atoms with Crippen LogP contribution in [0.5, 0.6) is 0 Å². The van der Waals surface area contributed by atoms with Gasteiger partial charge in [-0.1, -0.05) is 36.9 Å². The SMILES string of the molecule is CCC(C)NC(=O)CSc1nncn1-c1ccccc1C. The minimum Gasteiger partial charge on any atom is -0.353 e. The lowest BCUT2D eigenvalue weighted by atomic mass is 10.2. The average molecular weight is 304 g/mol. The minimum atomic E-state index is 0.0219. The fourth-order valence-electron chi connectivity index (χ4n) is 1.87. The summed E-state index contributed by atoms with van der Waals surface area (Å²) in [4.78, 5) is 11.8. The number of nitrogens with zero attached hydrogens (tertiary/aromatic N) is 3. The lowest BCUT2D eigenvalue weighted by Crippen LogP contribution is -2.33. The van der Waals surface area contributed by atoms with Gasteiger partial charge < -0.3 is 5.32 Å². The zero-order chi connectivity index (χ0) is 15.2. The van der Waals surface area contributed by atoms with Crippen molar-refractivity contribution in [2.75, 3.05) is 5.75 Å². The maximum absolute atomic E-state index is 11.8. The summed E-state index contributed by atoms with van der Waals surface area (Å²) in [5.41, 5.74) is 2.18. The first-order valence-electron chi connectivity index (χ1n) is 7.00. The molecule has 112 valence electrons. The standard InChI is InChI=1S/C15H20N4OS/c1-4-12(3)17-14(20)9-21-15-18-16-10-19(15)13-8-6-5-7-11(13)2/h5-8,10,12H,4,9H2,1-3H3,(H,17,20). The van der Waals surface area contributed by atoms with Gasteiger partial charge in [0, 0.05) is 6.04 Å². The van der Waals surface area contributed by atoms with Crippen molar-refractivity contribution in [3.05, 3.63) is 36.2 Å². The first kappa shape index (κ1) is 15.6. The van der Waals surface area contributed by atoms with Gasteiger partial charge in [0.05, 0.1) is 11.4 Å². The Morgan fingerprint density at radius 3 is 2.90 bits per heavy atom. The van der Waals surface area contributed by atoms with Crippen LogP contribution in [-0.4, -0.2) is 32.5 Å². The molecule has 21 heavy (non-hydrogen) atoms. The van der Waals surface area contributed by atoms with Crippen LogP contribution in [0.4, 0.5) is 0 Å². The molecule has 0 saturated carbocycles. The Balaban J connectivity index is 2.05. The van der Waals surface area contributed by atoms with Gasteiger partial charge in [0.1, 0.15) is 6.33 Å². The number of hydrogen-bond acceptors (Lipinski definition) is 4. The number of benzene rings is 1. The summed E-state index contributed by atoms with van der Waals surface area (Å²) in [5, 5.41) is 11.7. The molecule has 1 N–H and O–H groups in total. The number of carbonyl (C=O) groups is 1. The molecule has 1 unspecified atom stereocenters. The smallest absolute Gasteiger partial charge is 0.230 e. The van der Waals surface area contributed by atoms with Crippen molar-refractivity contribution in [2.24, 2.45) is 0 Å². The van der Waals surface area contributed by atoms with Crippen LogP contribution in [0, 0.1) is 6.92 Å². The van der Waals surface area contributed by atoms with Crippen LogP contribution < -0.4 is 5.32 Å². The fraction of sp³-hybridized carbons (Fsp3) is 0.400. The largest absolute Gasteiger partial charge is 0.353 e. The lowest BCUT2D eigenvalue weighted by molar-refractivity contribution is -0.119. The summed E-state index contributed by atoms with van der Waals surface area (Å²) < 4.78 is 1.91. The van der Waals surface area contributed by atoms with Crippen molar-refractivity contribution in [3.63, 3.8) is 0 Å². The Hall–Kier alpha value is -1.82. The van der Waals surface area contributed by atoms with E-state index in [1.807, 2.05) is 49.6 Å². The van der Waals surface area contributed by atoms with Crippen LogP contribution >= 0.6 is 11.8 Å². The molecular weight excluding hydrogens is 284 g/mol. The van der Waals surface area contributed by atoms with Gasteiger partial charge in [0.25, 0.3) is 0 Å². The molecule has 6 heteroatoms. The Morgan fingerprint density at radius 1 is 1.43 bits per heavy atom. The molecule has 2 rings (SSSR count). The molecular formula is C15H20N4OS. The number of hydrogen-bond donors (Lipinski definition) is 1. The highest BCUT2D eigenvalue weighted by Crippen LogP contribution is 2.21. The molecule has 1 amide bonds. The van der Waals surface area contributed by atoms with Gasteiger partial charge in [-0.15, -0.1) is 10.2 Å². The average Bonchev–Trinajstić information content (AvgIpc) is 2.93. The van der Waals surface area contributed by atoms with Gasteiger partial charge >= 0.3 is 0 Å². The molecule has 1 aromatic carbocycles. The van der Waals surface area contributed by atoms with E-state index in [9.17, 15) is 4.79 Å². The Labute approximate surface area is 129 Å².